The SMILES string of the molecule is COc1ccc(OC)c([C@@H]2C3=C(CCCC3=O)Nc3nnnn32)c1. The number of Topliss-reactive ketones (excluding diaryl/α,β-unsaturated/α-hetero) is 1. The molecule has 1 aromatic heterocycles. The van der Waals surface area contributed by atoms with Crippen molar-refractivity contribution in [1.82, 2.24) is 20.2 Å². The Morgan fingerprint density at radius 2 is 2.12 bits per heavy atom. The summed E-state index contributed by atoms with van der Waals surface area (Å²) in [5.41, 5.74) is 2.39. The second-order valence-electron chi connectivity index (χ2n) is 5.75. The molecule has 1 aliphatic heterocycles. The molecule has 0 bridgehead atoms. The van der Waals surface area contributed by atoms with Gasteiger partial charge in [0.2, 0.25) is 5.95 Å². The summed E-state index contributed by atoms with van der Waals surface area (Å²) in [6, 6.07) is 5.09. The van der Waals surface area contributed by atoms with E-state index in [1.54, 1.807) is 18.9 Å². The number of allylic oxidation sites excluding steroid dienone is 2. The highest BCUT2D eigenvalue weighted by Gasteiger charge is 2.38. The fourth-order valence-corrected chi connectivity index (χ4v) is 3.36. The predicted molar refractivity (Wildman–Crippen MR) is 85.0 cm³/mol. The fourth-order valence-electron chi connectivity index (χ4n) is 3.36. The zero-order valence-electron chi connectivity index (χ0n) is 13.4. The third-order valence-corrected chi connectivity index (χ3v) is 4.46. The number of carbonyl (C=O) groups excluding carboxylic acids is 1. The zero-order valence-corrected chi connectivity index (χ0v) is 13.4. The van der Waals surface area contributed by atoms with E-state index in [-0.39, 0.29) is 5.78 Å². The first-order valence-corrected chi connectivity index (χ1v) is 7.76. The molecule has 4 rings (SSSR count). The number of aromatic nitrogens is 4. The van der Waals surface area contributed by atoms with E-state index in [1.807, 2.05) is 18.2 Å². The maximum atomic E-state index is 12.6. The summed E-state index contributed by atoms with van der Waals surface area (Å²) in [6.07, 6.45) is 2.16. The second-order valence-corrected chi connectivity index (χ2v) is 5.75. The lowest BCUT2D eigenvalue weighted by Gasteiger charge is -2.32. The minimum Gasteiger partial charge on any atom is -0.497 e. The van der Waals surface area contributed by atoms with E-state index >= 15 is 0 Å². The number of nitrogens with zero attached hydrogens (tertiary/aromatic N) is 4. The number of rotatable bonds is 3. The van der Waals surface area contributed by atoms with Crippen LogP contribution in [0.2, 0.25) is 0 Å². The molecular weight excluding hydrogens is 310 g/mol. The molecule has 0 spiro atoms. The van der Waals surface area contributed by atoms with E-state index in [2.05, 4.69) is 20.8 Å². The maximum Gasteiger partial charge on any atom is 0.248 e. The molecule has 2 heterocycles. The summed E-state index contributed by atoms with van der Waals surface area (Å²) >= 11 is 0. The van der Waals surface area contributed by atoms with E-state index in [0.717, 1.165) is 24.1 Å². The highest BCUT2D eigenvalue weighted by Crippen LogP contribution is 2.43. The number of ketones is 1. The van der Waals surface area contributed by atoms with Gasteiger partial charge in [-0.3, -0.25) is 4.79 Å². The summed E-state index contributed by atoms with van der Waals surface area (Å²) < 4.78 is 12.5. The van der Waals surface area contributed by atoms with E-state index in [4.69, 9.17) is 9.47 Å². The molecule has 0 fully saturated rings. The van der Waals surface area contributed by atoms with Crippen LogP contribution in [-0.2, 0) is 4.79 Å². The van der Waals surface area contributed by atoms with Crippen LogP contribution in [0.15, 0.2) is 29.5 Å². The van der Waals surface area contributed by atoms with Crippen LogP contribution in [0.25, 0.3) is 0 Å². The summed E-state index contributed by atoms with van der Waals surface area (Å²) in [7, 11) is 3.21. The first-order valence-electron chi connectivity index (χ1n) is 7.76. The Hall–Kier alpha value is -2.90. The van der Waals surface area contributed by atoms with Crippen LogP contribution in [-0.4, -0.2) is 40.2 Å². The predicted octanol–water partition coefficient (Wildman–Crippen LogP) is 1.71. The third-order valence-electron chi connectivity index (χ3n) is 4.46. The molecule has 1 N–H and O–H groups in total. The van der Waals surface area contributed by atoms with Crippen molar-refractivity contribution in [3.8, 4) is 11.5 Å². The Morgan fingerprint density at radius 1 is 1.25 bits per heavy atom. The van der Waals surface area contributed by atoms with Crippen LogP contribution >= 0.6 is 0 Å². The summed E-state index contributed by atoms with van der Waals surface area (Å²) in [4.78, 5) is 12.6. The van der Waals surface area contributed by atoms with Crippen LogP contribution in [0.3, 0.4) is 0 Å². The zero-order chi connectivity index (χ0) is 16.7. The number of tetrazole rings is 1. The normalized spacial score (nSPS) is 19.4. The lowest BCUT2D eigenvalue weighted by Crippen LogP contribution is -2.31. The van der Waals surface area contributed by atoms with Crippen LogP contribution < -0.4 is 14.8 Å². The first kappa shape index (κ1) is 14.7. The Balaban J connectivity index is 1.95. The smallest absolute Gasteiger partial charge is 0.248 e. The third kappa shape index (κ3) is 2.14. The largest absolute Gasteiger partial charge is 0.497 e. The van der Waals surface area contributed by atoms with Gasteiger partial charge < -0.3 is 14.8 Å². The topological polar surface area (TPSA) is 91.2 Å². The van der Waals surface area contributed by atoms with Crippen molar-refractivity contribution < 1.29 is 14.3 Å². The van der Waals surface area contributed by atoms with Gasteiger partial charge in [-0.15, -0.1) is 0 Å². The summed E-state index contributed by atoms with van der Waals surface area (Å²) in [5, 5.41) is 15.0. The minimum atomic E-state index is -0.427. The van der Waals surface area contributed by atoms with Crippen molar-refractivity contribution >= 4 is 11.7 Å². The Morgan fingerprint density at radius 3 is 2.92 bits per heavy atom. The Labute approximate surface area is 138 Å². The number of hydrogen-bond donors (Lipinski definition) is 1. The van der Waals surface area contributed by atoms with Gasteiger partial charge >= 0.3 is 0 Å². The Kier molecular flexibility index (Phi) is 3.44. The lowest BCUT2D eigenvalue weighted by atomic mass is 9.85. The van der Waals surface area contributed by atoms with Crippen molar-refractivity contribution in [3.63, 3.8) is 0 Å². The van der Waals surface area contributed by atoms with Gasteiger partial charge in [0.05, 0.1) is 14.2 Å². The molecule has 8 nitrogen and oxygen atoms in total. The van der Waals surface area contributed by atoms with Gasteiger partial charge in [0.15, 0.2) is 5.78 Å². The molecule has 0 unspecified atom stereocenters. The number of nitrogens with one attached hydrogen (secondary N) is 1. The van der Waals surface area contributed by atoms with Gasteiger partial charge in [0.25, 0.3) is 0 Å². The monoisotopic (exact) mass is 327 g/mol. The summed E-state index contributed by atoms with van der Waals surface area (Å²) in [6.45, 7) is 0. The molecule has 0 saturated carbocycles. The average molecular weight is 327 g/mol. The van der Waals surface area contributed by atoms with Crippen LogP contribution in [0.4, 0.5) is 5.95 Å². The van der Waals surface area contributed by atoms with Crippen molar-refractivity contribution in [2.75, 3.05) is 19.5 Å². The van der Waals surface area contributed by atoms with Gasteiger partial charge in [0.1, 0.15) is 17.5 Å². The first-order chi connectivity index (χ1) is 11.7. The molecule has 2 aliphatic rings. The van der Waals surface area contributed by atoms with Crippen molar-refractivity contribution in [2.24, 2.45) is 0 Å². The number of anilines is 1. The van der Waals surface area contributed by atoms with E-state index in [0.29, 0.717) is 29.4 Å². The quantitative estimate of drug-likeness (QED) is 0.917. The van der Waals surface area contributed by atoms with Crippen molar-refractivity contribution in [3.05, 3.63) is 35.0 Å². The maximum absolute atomic E-state index is 12.6. The molecule has 0 amide bonds. The molecule has 0 radical (unpaired) electrons. The number of methoxy groups -OCH3 is 2. The van der Waals surface area contributed by atoms with Gasteiger partial charge in [-0.05, 0) is 41.5 Å². The molecule has 24 heavy (non-hydrogen) atoms. The van der Waals surface area contributed by atoms with Crippen LogP contribution in [0.5, 0.6) is 11.5 Å². The van der Waals surface area contributed by atoms with Crippen LogP contribution in [0, 0.1) is 0 Å². The van der Waals surface area contributed by atoms with Crippen molar-refractivity contribution in [1.29, 1.82) is 0 Å². The standard InChI is InChI=1S/C16H17N5O3/c1-23-9-6-7-13(24-2)10(8-9)15-14-11(4-3-5-12(14)22)17-16-18-19-20-21(15)16/h6-8,15H,3-5H2,1-2H3,(H,17,18,20)/t15-/m1/s1. The molecular formula is C16H17N5O3. The molecule has 124 valence electrons. The van der Waals surface area contributed by atoms with Gasteiger partial charge in [-0.1, -0.05) is 5.10 Å². The molecule has 2 aromatic rings. The number of ether oxygens (including phenoxy) is 2. The molecule has 1 atom stereocenters. The highest BCUT2D eigenvalue weighted by molar-refractivity contribution is 5.99. The van der Waals surface area contributed by atoms with E-state index in [1.165, 1.54) is 0 Å². The lowest BCUT2D eigenvalue weighted by molar-refractivity contribution is -0.116. The second kappa shape index (κ2) is 5.63. The number of fused-ring (bicyclic) bond motifs is 1. The minimum absolute atomic E-state index is 0.111. The fraction of sp³-hybridized carbons (Fsp3) is 0.375. The number of carbonyl (C=O) groups is 1. The highest BCUT2D eigenvalue weighted by atomic mass is 16.5. The molecule has 1 aliphatic carbocycles. The van der Waals surface area contributed by atoms with Gasteiger partial charge in [0, 0.05) is 23.3 Å². The van der Waals surface area contributed by atoms with Gasteiger partial charge in [-0.2, -0.15) is 4.68 Å². The van der Waals surface area contributed by atoms with E-state index in [9.17, 15) is 4.79 Å². The molecule has 8 heteroatoms. The summed E-state index contributed by atoms with van der Waals surface area (Å²) in [5.74, 6) is 1.98. The van der Waals surface area contributed by atoms with Gasteiger partial charge in [-0.25, -0.2) is 0 Å². The number of hydrogen-bond acceptors (Lipinski definition) is 7. The molecule has 1 aromatic carbocycles. The van der Waals surface area contributed by atoms with E-state index < -0.39 is 6.04 Å². The Bertz CT molecular complexity index is 842. The van der Waals surface area contributed by atoms with Crippen LogP contribution in [0.1, 0.15) is 30.9 Å². The number of benzene rings is 1. The average Bonchev–Trinajstić information content (AvgIpc) is 3.07. The molecule has 0 saturated heterocycles. The van der Waals surface area contributed by atoms with Crippen molar-refractivity contribution in [2.45, 2.75) is 25.3 Å².